The Hall–Kier alpha value is -5.37. The number of hydrogen-bond acceptors (Lipinski definition) is 8. The van der Waals surface area contributed by atoms with Crippen molar-refractivity contribution in [2.24, 2.45) is 5.92 Å². The van der Waals surface area contributed by atoms with Gasteiger partial charge in [0.25, 0.3) is 0 Å². The van der Waals surface area contributed by atoms with Crippen LogP contribution in [0.5, 0.6) is 23.0 Å². The van der Waals surface area contributed by atoms with E-state index in [1.54, 1.807) is 79.7 Å². The monoisotopic (exact) mass is 580 g/mol. The zero-order valence-corrected chi connectivity index (χ0v) is 23.8. The Balaban J connectivity index is 1.21. The van der Waals surface area contributed by atoms with Crippen LogP contribution in [0.4, 0.5) is 0 Å². The Kier molecular flexibility index (Phi) is 10.3. The average molecular weight is 581 g/mol. The third-order valence-electron chi connectivity index (χ3n) is 6.38. The third-order valence-corrected chi connectivity index (χ3v) is 6.38. The lowest BCUT2D eigenvalue weighted by atomic mass is 10.0. The molecule has 8 nitrogen and oxygen atoms in total. The fourth-order valence-corrected chi connectivity index (χ4v) is 4.09. The molecule has 0 bridgehead atoms. The van der Waals surface area contributed by atoms with Crippen molar-refractivity contribution in [1.82, 2.24) is 0 Å². The maximum absolute atomic E-state index is 12.6. The number of carbonyl (C=O) groups excluding carboxylic acids is 3. The first-order chi connectivity index (χ1) is 20.7. The molecule has 8 heteroatoms. The molecule has 4 aromatic carbocycles. The molecular weight excluding hydrogens is 548 g/mol. The summed E-state index contributed by atoms with van der Waals surface area (Å²) in [5.74, 6) is -0.977. The zero-order valence-electron chi connectivity index (χ0n) is 23.8. The molecule has 2 atom stereocenters. The predicted octanol–water partition coefficient (Wildman–Crippen LogP) is 6.14. The van der Waals surface area contributed by atoms with Crippen LogP contribution in [0.25, 0.3) is 0 Å². The van der Waals surface area contributed by atoms with Crippen LogP contribution in [0.15, 0.2) is 109 Å². The van der Waals surface area contributed by atoms with Crippen LogP contribution in [0, 0.1) is 5.92 Å². The van der Waals surface area contributed by atoms with Crippen LogP contribution in [-0.4, -0.2) is 47.1 Å². The normalized spacial score (nSPS) is 12.3. The van der Waals surface area contributed by atoms with Crippen molar-refractivity contribution in [3.63, 3.8) is 0 Å². The molecule has 4 aromatic rings. The molecule has 43 heavy (non-hydrogen) atoms. The molecule has 220 valence electrons. The summed E-state index contributed by atoms with van der Waals surface area (Å²) in [6.07, 6.45) is 2.36. The number of benzene rings is 4. The molecule has 2 unspecified atom stereocenters. The predicted molar refractivity (Wildman–Crippen MR) is 161 cm³/mol. The van der Waals surface area contributed by atoms with Crippen LogP contribution < -0.4 is 9.47 Å². The SMILES string of the molecule is CC(C=CC(=O)OC(C)COc1ccc(C(=O)c2ccccc2)c(O)c1)COc1ccc(C(=O)c2ccccc2)c(O)c1. The highest BCUT2D eigenvalue weighted by atomic mass is 16.6. The van der Waals surface area contributed by atoms with E-state index in [1.807, 2.05) is 13.0 Å². The average Bonchev–Trinajstić information content (AvgIpc) is 3.02. The summed E-state index contributed by atoms with van der Waals surface area (Å²) in [6, 6.07) is 26.2. The number of carbonyl (C=O) groups is 3. The van der Waals surface area contributed by atoms with Gasteiger partial charge in [-0.2, -0.15) is 0 Å². The second-order valence-electron chi connectivity index (χ2n) is 9.95. The molecule has 0 saturated carbocycles. The van der Waals surface area contributed by atoms with E-state index in [0.29, 0.717) is 22.6 Å². The van der Waals surface area contributed by atoms with Crippen molar-refractivity contribution < 1.29 is 38.8 Å². The van der Waals surface area contributed by atoms with Gasteiger partial charge in [0.05, 0.1) is 17.7 Å². The van der Waals surface area contributed by atoms with Gasteiger partial charge in [-0.25, -0.2) is 4.79 Å². The molecule has 0 aliphatic carbocycles. The van der Waals surface area contributed by atoms with E-state index < -0.39 is 12.1 Å². The molecule has 0 heterocycles. The number of ketones is 2. The van der Waals surface area contributed by atoms with Crippen molar-refractivity contribution in [2.75, 3.05) is 13.2 Å². The minimum Gasteiger partial charge on any atom is -0.507 e. The van der Waals surface area contributed by atoms with Gasteiger partial charge in [-0.05, 0) is 31.2 Å². The van der Waals surface area contributed by atoms with E-state index in [9.17, 15) is 24.6 Å². The van der Waals surface area contributed by atoms with Gasteiger partial charge in [-0.15, -0.1) is 0 Å². The van der Waals surface area contributed by atoms with Gasteiger partial charge in [-0.3, -0.25) is 9.59 Å². The highest BCUT2D eigenvalue weighted by Gasteiger charge is 2.16. The molecular formula is C35H32O8. The van der Waals surface area contributed by atoms with Gasteiger partial charge in [0.2, 0.25) is 0 Å². The van der Waals surface area contributed by atoms with Gasteiger partial charge < -0.3 is 24.4 Å². The minimum absolute atomic E-state index is 0.0376. The fourth-order valence-electron chi connectivity index (χ4n) is 4.09. The Labute approximate surface area is 249 Å². The van der Waals surface area contributed by atoms with Gasteiger partial charge in [-0.1, -0.05) is 73.7 Å². The number of aromatic hydroxyl groups is 2. The molecule has 0 fully saturated rings. The minimum atomic E-state index is -0.587. The second kappa shape index (κ2) is 14.5. The van der Waals surface area contributed by atoms with E-state index in [-0.39, 0.29) is 53.3 Å². The molecule has 0 saturated heterocycles. The lowest BCUT2D eigenvalue weighted by Gasteiger charge is -2.14. The molecule has 0 radical (unpaired) electrons. The van der Waals surface area contributed by atoms with Crippen molar-refractivity contribution >= 4 is 17.5 Å². The number of ether oxygens (including phenoxy) is 3. The standard InChI is InChI=1S/C35H32O8/c1-23(21-41-27-14-16-29(31(36)19-27)34(39)25-9-5-3-6-10-25)13-18-33(38)43-24(2)22-42-28-15-17-30(32(37)20-28)35(40)26-11-7-4-8-12-26/h3-20,23-24,36-37H,21-22H2,1-2H3. The summed E-state index contributed by atoms with van der Waals surface area (Å²) in [5, 5.41) is 20.7. The van der Waals surface area contributed by atoms with E-state index >= 15 is 0 Å². The Bertz CT molecular complexity index is 1600. The molecule has 0 aromatic heterocycles. The van der Waals surface area contributed by atoms with Crippen LogP contribution in [0.1, 0.15) is 45.7 Å². The number of esters is 1. The van der Waals surface area contributed by atoms with E-state index in [1.165, 1.54) is 30.3 Å². The maximum Gasteiger partial charge on any atom is 0.330 e. The lowest BCUT2D eigenvalue weighted by Crippen LogP contribution is -2.21. The summed E-state index contributed by atoms with van der Waals surface area (Å²) in [6.45, 7) is 3.78. The maximum atomic E-state index is 12.6. The second-order valence-corrected chi connectivity index (χ2v) is 9.95. The van der Waals surface area contributed by atoms with Crippen LogP contribution in [0.2, 0.25) is 0 Å². The molecule has 0 spiro atoms. The Morgan fingerprint density at radius 1 is 0.674 bits per heavy atom. The smallest absolute Gasteiger partial charge is 0.330 e. The van der Waals surface area contributed by atoms with Crippen molar-refractivity contribution in [3.05, 3.63) is 131 Å². The summed E-state index contributed by atoms with van der Waals surface area (Å²) < 4.78 is 16.7. The van der Waals surface area contributed by atoms with Crippen LogP contribution in [-0.2, 0) is 9.53 Å². The van der Waals surface area contributed by atoms with Crippen LogP contribution in [0.3, 0.4) is 0 Å². The lowest BCUT2D eigenvalue weighted by molar-refractivity contribution is -0.143. The Morgan fingerprint density at radius 3 is 1.60 bits per heavy atom. The van der Waals surface area contributed by atoms with E-state index in [0.717, 1.165) is 0 Å². The van der Waals surface area contributed by atoms with Crippen molar-refractivity contribution in [3.8, 4) is 23.0 Å². The van der Waals surface area contributed by atoms with Crippen molar-refractivity contribution in [1.29, 1.82) is 0 Å². The molecule has 0 aliphatic heterocycles. The first-order valence-electron chi connectivity index (χ1n) is 13.7. The zero-order chi connectivity index (χ0) is 30.8. The highest BCUT2D eigenvalue weighted by Crippen LogP contribution is 2.27. The fraction of sp³-hybridized carbons (Fsp3) is 0.171. The topological polar surface area (TPSA) is 119 Å². The van der Waals surface area contributed by atoms with E-state index in [2.05, 4.69) is 0 Å². The molecule has 0 aliphatic rings. The molecule has 2 N–H and O–H groups in total. The number of phenolic OH excluding ortho intramolecular Hbond substituents is 2. The van der Waals surface area contributed by atoms with Gasteiger partial charge >= 0.3 is 5.97 Å². The summed E-state index contributed by atoms with van der Waals surface area (Å²) in [4.78, 5) is 37.4. The van der Waals surface area contributed by atoms with Crippen molar-refractivity contribution in [2.45, 2.75) is 20.0 Å². The van der Waals surface area contributed by atoms with E-state index in [4.69, 9.17) is 14.2 Å². The largest absolute Gasteiger partial charge is 0.507 e. The summed E-state index contributed by atoms with van der Waals surface area (Å²) in [5.41, 5.74) is 1.28. The number of hydrogen-bond donors (Lipinski definition) is 2. The van der Waals surface area contributed by atoms with Gasteiger partial charge in [0.15, 0.2) is 11.6 Å². The first kappa shape index (κ1) is 30.6. The summed E-state index contributed by atoms with van der Waals surface area (Å²) >= 11 is 0. The first-order valence-corrected chi connectivity index (χ1v) is 13.7. The third kappa shape index (κ3) is 8.56. The quantitative estimate of drug-likeness (QED) is 0.110. The number of rotatable bonds is 13. The number of phenols is 2. The summed E-state index contributed by atoms with van der Waals surface area (Å²) in [7, 11) is 0. The van der Waals surface area contributed by atoms with Crippen LogP contribution >= 0.6 is 0 Å². The van der Waals surface area contributed by atoms with Gasteiger partial charge in [0, 0.05) is 35.3 Å². The molecule has 0 amide bonds. The van der Waals surface area contributed by atoms with Gasteiger partial charge in [0.1, 0.15) is 35.7 Å². The highest BCUT2D eigenvalue weighted by molar-refractivity contribution is 6.11. The molecule has 4 rings (SSSR count). The Morgan fingerprint density at radius 2 is 1.14 bits per heavy atom.